The van der Waals surface area contributed by atoms with Gasteiger partial charge < -0.3 is 5.32 Å². The van der Waals surface area contributed by atoms with Gasteiger partial charge in [0.25, 0.3) is 10.1 Å². The molecule has 2 aliphatic carbocycles. The zero-order valence-corrected chi connectivity index (χ0v) is 19.7. The molecule has 0 atom stereocenters. The molecule has 0 saturated heterocycles. The van der Waals surface area contributed by atoms with Crippen LogP contribution in [0.2, 0.25) is 0 Å². The van der Waals surface area contributed by atoms with Gasteiger partial charge in [0.05, 0.1) is 21.7 Å². The number of rotatable bonds is 4. The van der Waals surface area contributed by atoms with Crippen molar-refractivity contribution in [3.8, 4) is 22.6 Å². The van der Waals surface area contributed by atoms with Gasteiger partial charge >= 0.3 is 0 Å². The Morgan fingerprint density at radius 1 is 0.857 bits per heavy atom. The van der Waals surface area contributed by atoms with E-state index in [0.717, 1.165) is 29.5 Å². The van der Waals surface area contributed by atoms with E-state index in [1.807, 2.05) is 36.4 Å². The van der Waals surface area contributed by atoms with Gasteiger partial charge in [-0.25, -0.2) is 9.97 Å². The Hall–Kier alpha value is -3.62. The van der Waals surface area contributed by atoms with Crippen LogP contribution >= 0.6 is 0 Å². The molecule has 3 aromatic carbocycles. The fraction of sp³-hybridized carbons (Fsp3) is 0.222. The molecule has 1 saturated carbocycles. The van der Waals surface area contributed by atoms with Crippen molar-refractivity contribution in [1.82, 2.24) is 9.97 Å². The fourth-order valence-corrected chi connectivity index (χ4v) is 5.65. The Morgan fingerprint density at radius 2 is 1.57 bits per heavy atom. The minimum Gasteiger partial charge on any atom is -0.382 e. The molecular formula is C27H23N3O4S. The molecule has 0 amide bonds. The summed E-state index contributed by atoms with van der Waals surface area (Å²) in [4.78, 5) is 23.1. The second-order valence-corrected chi connectivity index (χ2v) is 10.6. The second kappa shape index (κ2) is 8.25. The van der Waals surface area contributed by atoms with E-state index in [1.54, 1.807) is 12.1 Å². The first-order chi connectivity index (χ1) is 16.9. The molecule has 0 unspecified atom stereocenters. The van der Waals surface area contributed by atoms with Gasteiger partial charge in [-0.3, -0.25) is 9.35 Å². The summed E-state index contributed by atoms with van der Waals surface area (Å²) in [7, 11) is -4.29. The number of hydrogen-bond donors (Lipinski definition) is 2. The molecule has 0 radical (unpaired) electrons. The first-order valence-electron chi connectivity index (χ1n) is 11.7. The first kappa shape index (κ1) is 21.9. The molecule has 8 heteroatoms. The highest BCUT2D eigenvalue weighted by molar-refractivity contribution is 7.85. The van der Waals surface area contributed by atoms with Gasteiger partial charge in [0, 0.05) is 33.8 Å². The molecule has 4 aromatic rings. The third-order valence-electron chi connectivity index (χ3n) is 6.89. The Morgan fingerprint density at radius 3 is 2.29 bits per heavy atom. The van der Waals surface area contributed by atoms with Crippen molar-refractivity contribution >= 4 is 32.5 Å². The summed E-state index contributed by atoms with van der Waals surface area (Å²) in [6, 6.07) is 17.4. The molecule has 1 heterocycles. The van der Waals surface area contributed by atoms with Crippen LogP contribution in [0.15, 0.2) is 65.6 Å². The maximum absolute atomic E-state index is 13.7. The molecule has 7 nitrogen and oxygen atoms in total. The summed E-state index contributed by atoms with van der Waals surface area (Å²) in [6.07, 6.45) is 5.80. The quantitative estimate of drug-likeness (QED) is 0.324. The van der Waals surface area contributed by atoms with Crippen LogP contribution in [0.4, 0.5) is 5.69 Å². The van der Waals surface area contributed by atoms with E-state index in [9.17, 15) is 17.8 Å². The van der Waals surface area contributed by atoms with E-state index < -0.39 is 10.1 Å². The number of anilines is 1. The monoisotopic (exact) mass is 485 g/mol. The number of benzene rings is 3. The van der Waals surface area contributed by atoms with E-state index in [0.29, 0.717) is 39.8 Å². The molecule has 1 fully saturated rings. The van der Waals surface area contributed by atoms with E-state index in [1.165, 1.54) is 31.4 Å². The van der Waals surface area contributed by atoms with E-state index >= 15 is 0 Å². The van der Waals surface area contributed by atoms with Gasteiger partial charge in [-0.15, -0.1) is 0 Å². The smallest absolute Gasteiger partial charge is 0.294 e. The van der Waals surface area contributed by atoms with Crippen molar-refractivity contribution < 1.29 is 17.8 Å². The molecular weight excluding hydrogens is 462 g/mol. The summed E-state index contributed by atoms with van der Waals surface area (Å²) < 4.78 is 32.2. The lowest BCUT2D eigenvalue weighted by Crippen LogP contribution is -2.24. The molecule has 2 N–H and O–H groups in total. The van der Waals surface area contributed by atoms with Crippen LogP contribution in [0.1, 0.15) is 48.0 Å². The number of hydrogen-bond acceptors (Lipinski definition) is 6. The summed E-state index contributed by atoms with van der Waals surface area (Å²) >= 11 is 0. The molecule has 0 spiro atoms. The normalized spacial score (nSPS) is 15.7. The number of ketones is 1. The number of nitrogens with one attached hydrogen (secondary N) is 1. The molecule has 2 aliphatic rings. The van der Waals surface area contributed by atoms with Crippen molar-refractivity contribution in [3.63, 3.8) is 0 Å². The summed E-state index contributed by atoms with van der Waals surface area (Å²) in [5, 5.41) is 4.35. The molecule has 0 bridgehead atoms. The molecule has 1 aromatic heterocycles. The number of aromatic nitrogens is 2. The topological polar surface area (TPSA) is 109 Å². The molecule has 6 rings (SSSR count). The lowest BCUT2D eigenvalue weighted by Gasteiger charge is -2.27. The van der Waals surface area contributed by atoms with Crippen molar-refractivity contribution in [3.05, 3.63) is 71.8 Å². The maximum Gasteiger partial charge on any atom is 0.294 e. The van der Waals surface area contributed by atoms with Crippen LogP contribution in [0, 0.1) is 0 Å². The van der Waals surface area contributed by atoms with Crippen LogP contribution in [-0.2, 0) is 10.1 Å². The Bertz CT molecular complexity index is 1590. The van der Waals surface area contributed by atoms with Gasteiger partial charge in [0.15, 0.2) is 11.6 Å². The lowest BCUT2D eigenvalue weighted by molar-refractivity contribution is 0.104. The van der Waals surface area contributed by atoms with Crippen molar-refractivity contribution in [1.29, 1.82) is 0 Å². The third-order valence-corrected chi connectivity index (χ3v) is 7.76. The Kier molecular flexibility index (Phi) is 5.16. The van der Waals surface area contributed by atoms with Crippen molar-refractivity contribution in [2.45, 2.75) is 43.0 Å². The predicted octanol–water partition coefficient (Wildman–Crippen LogP) is 5.50. The number of carbonyl (C=O) groups excluding carboxylic acids is 1. The van der Waals surface area contributed by atoms with Gasteiger partial charge in [-0.2, -0.15) is 8.42 Å². The first-order valence-corrected chi connectivity index (χ1v) is 13.2. The molecule has 35 heavy (non-hydrogen) atoms. The zero-order valence-electron chi connectivity index (χ0n) is 18.9. The average molecular weight is 486 g/mol. The highest BCUT2D eigenvalue weighted by atomic mass is 32.2. The minimum absolute atomic E-state index is 0.0362. The largest absolute Gasteiger partial charge is 0.382 e. The van der Waals surface area contributed by atoms with Gasteiger partial charge in [0.2, 0.25) is 0 Å². The highest BCUT2D eigenvalue weighted by Gasteiger charge is 2.30. The predicted molar refractivity (Wildman–Crippen MR) is 134 cm³/mol. The SMILES string of the molecule is O=C1c2ccccc2-c2nc(-c3ccc(S(=O)(=O)O)cc3)nc3ccc(NC4CCCCC4)c1c23. The molecule has 176 valence electrons. The standard InChI is InChI=1S/C27H23N3O4S/c31-26-20-9-5-4-8-19(20)25-23-21(14-15-22(24(23)26)28-17-6-2-1-3-7-17)29-27(30-25)16-10-12-18(13-11-16)35(32,33)34/h4-5,8-15,17,28H,1-3,6-7H2,(H,32,33,34). The van der Waals surface area contributed by atoms with E-state index in [2.05, 4.69) is 5.32 Å². The van der Waals surface area contributed by atoms with Crippen LogP contribution < -0.4 is 5.32 Å². The van der Waals surface area contributed by atoms with Gasteiger partial charge in [-0.05, 0) is 49.2 Å². The minimum atomic E-state index is -4.29. The average Bonchev–Trinajstić information content (AvgIpc) is 2.87. The maximum atomic E-state index is 13.7. The number of nitrogens with zero attached hydrogens (tertiary/aromatic N) is 2. The van der Waals surface area contributed by atoms with E-state index in [4.69, 9.17) is 9.97 Å². The van der Waals surface area contributed by atoms with Gasteiger partial charge in [-0.1, -0.05) is 43.5 Å². The highest BCUT2D eigenvalue weighted by Crippen LogP contribution is 2.42. The Balaban J connectivity index is 1.55. The lowest BCUT2D eigenvalue weighted by atomic mass is 9.85. The molecule has 0 aliphatic heterocycles. The zero-order chi connectivity index (χ0) is 24.2. The van der Waals surface area contributed by atoms with E-state index in [-0.39, 0.29) is 10.7 Å². The number of carbonyl (C=O) groups is 1. The summed E-state index contributed by atoms with van der Waals surface area (Å²) in [5.41, 5.74) is 4.72. The number of fused-ring (bicyclic) bond motifs is 2. The van der Waals surface area contributed by atoms with Gasteiger partial charge in [0.1, 0.15) is 0 Å². The van der Waals surface area contributed by atoms with Crippen LogP contribution in [0.25, 0.3) is 33.5 Å². The fourth-order valence-electron chi connectivity index (χ4n) is 5.17. The van der Waals surface area contributed by atoms with Crippen LogP contribution in [0.3, 0.4) is 0 Å². The third kappa shape index (κ3) is 3.79. The van der Waals surface area contributed by atoms with Crippen molar-refractivity contribution in [2.75, 3.05) is 5.32 Å². The van der Waals surface area contributed by atoms with Crippen molar-refractivity contribution in [2.24, 2.45) is 0 Å². The summed E-state index contributed by atoms with van der Waals surface area (Å²) in [5.74, 6) is 0.378. The summed E-state index contributed by atoms with van der Waals surface area (Å²) in [6.45, 7) is 0. The van der Waals surface area contributed by atoms with Crippen LogP contribution in [-0.4, -0.2) is 34.8 Å². The van der Waals surface area contributed by atoms with Crippen LogP contribution in [0.5, 0.6) is 0 Å². The Labute approximate surface area is 203 Å². The second-order valence-electron chi connectivity index (χ2n) is 9.13.